The molecule has 3 aromatic rings. The average Bonchev–Trinajstić information content (AvgIpc) is 3.06. The van der Waals surface area contributed by atoms with Crippen molar-refractivity contribution in [1.82, 2.24) is 14.6 Å². The van der Waals surface area contributed by atoms with E-state index in [0.717, 1.165) is 12.1 Å². The summed E-state index contributed by atoms with van der Waals surface area (Å²) < 4.78 is 80.3. The van der Waals surface area contributed by atoms with Crippen molar-refractivity contribution >= 4 is 29.3 Å². The van der Waals surface area contributed by atoms with Gasteiger partial charge >= 0.3 is 12.4 Å². The first-order valence-electron chi connectivity index (χ1n) is 8.04. The number of carbonyl (C=O) groups is 1. The molecule has 0 saturated carbocycles. The van der Waals surface area contributed by atoms with Crippen molar-refractivity contribution in [2.24, 2.45) is 0 Å². The standard InChI is InChI=1S/C17H11ClF6N4O/c1-2-8-5-9(6-11(18)13(8)25-7-29)14-10(16(19,20)21)3-4-12-26-15(17(22,23)24)27-28(12)14/h3-7H,2H2,1H3,(H,25,29). The summed E-state index contributed by atoms with van der Waals surface area (Å²) in [6.45, 7) is 1.67. The number of pyridine rings is 1. The predicted molar refractivity (Wildman–Crippen MR) is 92.5 cm³/mol. The maximum atomic E-state index is 13.6. The summed E-state index contributed by atoms with van der Waals surface area (Å²) in [6, 6.07) is 3.86. The molecular weight excluding hydrogens is 426 g/mol. The van der Waals surface area contributed by atoms with Crippen LogP contribution in [0.5, 0.6) is 0 Å². The molecule has 0 aliphatic carbocycles. The van der Waals surface area contributed by atoms with Gasteiger partial charge in [-0.25, -0.2) is 9.50 Å². The molecule has 1 N–H and O–H groups in total. The molecule has 1 aromatic carbocycles. The molecule has 3 rings (SSSR count). The van der Waals surface area contributed by atoms with E-state index >= 15 is 0 Å². The maximum Gasteiger partial charge on any atom is 0.453 e. The van der Waals surface area contributed by atoms with Crippen LogP contribution in [0, 0.1) is 0 Å². The van der Waals surface area contributed by atoms with Crippen LogP contribution < -0.4 is 5.32 Å². The van der Waals surface area contributed by atoms with Crippen molar-refractivity contribution in [2.45, 2.75) is 25.7 Å². The highest BCUT2D eigenvalue weighted by Crippen LogP contribution is 2.40. The normalized spacial score (nSPS) is 12.4. The molecule has 0 atom stereocenters. The summed E-state index contributed by atoms with van der Waals surface area (Å²) >= 11 is 6.11. The zero-order valence-electron chi connectivity index (χ0n) is 14.5. The van der Waals surface area contributed by atoms with E-state index in [9.17, 15) is 31.1 Å². The van der Waals surface area contributed by atoms with Gasteiger partial charge in [0.1, 0.15) is 0 Å². The highest BCUT2D eigenvalue weighted by atomic mass is 35.5. The highest BCUT2D eigenvalue weighted by Gasteiger charge is 2.39. The van der Waals surface area contributed by atoms with E-state index in [2.05, 4.69) is 15.4 Å². The van der Waals surface area contributed by atoms with E-state index in [1.165, 1.54) is 6.07 Å². The van der Waals surface area contributed by atoms with Crippen LogP contribution in [-0.2, 0) is 23.6 Å². The van der Waals surface area contributed by atoms with Crippen molar-refractivity contribution in [3.05, 3.63) is 46.2 Å². The Morgan fingerprint density at radius 1 is 1.14 bits per heavy atom. The van der Waals surface area contributed by atoms with Crippen molar-refractivity contribution in [2.75, 3.05) is 5.32 Å². The number of rotatable bonds is 4. The van der Waals surface area contributed by atoms with Gasteiger partial charge in [0.25, 0.3) is 5.82 Å². The molecule has 29 heavy (non-hydrogen) atoms. The van der Waals surface area contributed by atoms with Crippen LogP contribution in [0.1, 0.15) is 23.9 Å². The topological polar surface area (TPSA) is 59.3 Å². The van der Waals surface area contributed by atoms with Crippen LogP contribution in [0.15, 0.2) is 24.3 Å². The molecule has 2 heterocycles. The molecule has 5 nitrogen and oxygen atoms in total. The molecule has 0 aliphatic heterocycles. The van der Waals surface area contributed by atoms with Gasteiger partial charge in [0.05, 0.1) is 22.0 Å². The summed E-state index contributed by atoms with van der Waals surface area (Å²) in [5.41, 5.74) is -1.81. The Morgan fingerprint density at radius 2 is 1.83 bits per heavy atom. The molecule has 1 amide bonds. The van der Waals surface area contributed by atoms with Crippen LogP contribution >= 0.6 is 11.6 Å². The highest BCUT2D eigenvalue weighted by molar-refractivity contribution is 6.34. The Morgan fingerprint density at radius 3 is 2.38 bits per heavy atom. The fourth-order valence-electron chi connectivity index (χ4n) is 2.87. The lowest BCUT2D eigenvalue weighted by Gasteiger charge is -2.17. The van der Waals surface area contributed by atoms with Gasteiger partial charge in [0.2, 0.25) is 6.41 Å². The Hall–Kier alpha value is -2.82. The summed E-state index contributed by atoms with van der Waals surface area (Å²) in [4.78, 5) is 14.0. The van der Waals surface area contributed by atoms with Gasteiger partial charge in [-0.2, -0.15) is 26.3 Å². The number of halogens is 7. The number of nitrogens with zero attached hydrogens (tertiary/aromatic N) is 3. The number of hydrogen-bond donors (Lipinski definition) is 1. The summed E-state index contributed by atoms with van der Waals surface area (Å²) in [5.74, 6) is -1.57. The second-order valence-corrected chi connectivity index (χ2v) is 6.31. The minimum Gasteiger partial charge on any atom is -0.327 e. The Bertz CT molecular complexity index is 1090. The molecule has 0 radical (unpaired) electrons. The summed E-state index contributed by atoms with van der Waals surface area (Å²) in [7, 11) is 0. The van der Waals surface area contributed by atoms with Crippen LogP contribution in [0.3, 0.4) is 0 Å². The third-order valence-electron chi connectivity index (χ3n) is 4.09. The number of amides is 1. The second-order valence-electron chi connectivity index (χ2n) is 5.90. The van der Waals surface area contributed by atoms with Crippen LogP contribution in [-0.4, -0.2) is 21.0 Å². The predicted octanol–water partition coefficient (Wildman–Crippen LogP) is 5.22. The van der Waals surface area contributed by atoms with E-state index in [0.29, 0.717) is 22.6 Å². The smallest absolute Gasteiger partial charge is 0.327 e. The number of aromatic nitrogens is 3. The van der Waals surface area contributed by atoms with Crippen molar-refractivity contribution in [3.63, 3.8) is 0 Å². The van der Waals surface area contributed by atoms with Gasteiger partial charge in [-0.1, -0.05) is 18.5 Å². The monoisotopic (exact) mass is 436 g/mol. The van der Waals surface area contributed by atoms with Gasteiger partial charge in [-0.3, -0.25) is 4.79 Å². The molecule has 0 unspecified atom stereocenters. The minimum atomic E-state index is -4.94. The fourth-order valence-corrected chi connectivity index (χ4v) is 3.17. The molecule has 0 fully saturated rings. The molecule has 0 saturated heterocycles. The van der Waals surface area contributed by atoms with Gasteiger partial charge in [0, 0.05) is 5.56 Å². The zero-order valence-corrected chi connectivity index (χ0v) is 15.2. The molecule has 0 bridgehead atoms. The summed E-state index contributed by atoms with van der Waals surface area (Å²) in [6.07, 6.45) is -9.18. The Balaban J connectivity index is 2.39. The van der Waals surface area contributed by atoms with Crippen molar-refractivity contribution in [1.29, 1.82) is 0 Å². The number of hydrogen-bond acceptors (Lipinski definition) is 3. The van der Waals surface area contributed by atoms with Gasteiger partial charge in [0.15, 0.2) is 5.65 Å². The van der Waals surface area contributed by atoms with Gasteiger partial charge < -0.3 is 5.32 Å². The first kappa shape index (κ1) is 20.9. The number of fused-ring (bicyclic) bond motifs is 1. The lowest BCUT2D eigenvalue weighted by atomic mass is 10.00. The van der Waals surface area contributed by atoms with Crippen LogP contribution in [0.4, 0.5) is 32.0 Å². The number of anilines is 1. The number of benzene rings is 1. The van der Waals surface area contributed by atoms with E-state index in [1.807, 2.05) is 0 Å². The number of nitrogens with one attached hydrogen (secondary N) is 1. The van der Waals surface area contributed by atoms with E-state index in [1.54, 1.807) is 6.92 Å². The van der Waals surface area contributed by atoms with Crippen LogP contribution in [0.2, 0.25) is 5.02 Å². The summed E-state index contributed by atoms with van der Waals surface area (Å²) in [5, 5.41) is 5.53. The largest absolute Gasteiger partial charge is 0.453 e. The quantitative estimate of drug-likeness (QED) is 0.451. The SMILES string of the molecule is CCc1cc(-c2c(C(F)(F)F)ccc3nc(C(F)(F)F)nn23)cc(Cl)c1NC=O. The first-order valence-corrected chi connectivity index (χ1v) is 8.42. The molecule has 154 valence electrons. The lowest BCUT2D eigenvalue weighted by molar-refractivity contribution is -0.144. The fraction of sp³-hybridized carbons (Fsp3) is 0.235. The first-order chi connectivity index (χ1) is 13.5. The Labute approximate surface area is 164 Å². The maximum absolute atomic E-state index is 13.6. The second kappa shape index (κ2) is 7.21. The van der Waals surface area contributed by atoms with Crippen LogP contribution in [0.25, 0.3) is 16.9 Å². The third-order valence-corrected chi connectivity index (χ3v) is 4.38. The van der Waals surface area contributed by atoms with Gasteiger partial charge in [-0.15, -0.1) is 5.10 Å². The van der Waals surface area contributed by atoms with Gasteiger partial charge in [-0.05, 0) is 36.2 Å². The molecule has 12 heteroatoms. The third kappa shape index (κ3) is 3.86. The number of alkyl halides is 6. The Kier molecular flexibility index (Phi) is 5.20. The molecule has 0 aliphatic rings. The molecular formula is C17H11ClF6N4O. The van der Waals surface area contributed by atoms with E-state index in [4.69, 9.17) is 11.6 Å². The number of carbonyl (C=O) groups excluding carboxylic acids is 1. The number of aryl methyl sites for hydroxylation is 1. The molecule has 2 aromatic heterocycles. The minimum absolute atomic E-state index is 0.0762. The molecule has 0 spiro atoms. The average molecular weight is 437 g/mol. The van der Waals surface area contributed by atoms with Crippen molar-refractivity contribution in [3.8, 4) is 11.3 Å². The zero-order chi connectivity index (χ0) is 21.6. The van der Waals surface area contributed by atoms with E-state index < -0.39 is 35.1 Å². The van der Waals surface area contributed by atoms with E-state index in [-0.39, 0.29) is 22.7 Å². The lowest BCUT2D eigenvalue weighted by Crippen LogP contribution is -2.12. The van der Waals surface area contributed by atoms with Crippen molar-refractivity contribution < 1.29 is 31.1 Å².